The van der Waals surface area contributed by atoms with E-state index in [2.05, 4.69) is 0 Å². The molecule has 3 N–H and O–H groups in total. The van der Waals surface area contributed by atoms with Crippen LogP contribution >= 0.6 is 0 Å². The molecule has 0 aliphatic heterocycles. The maximum atomic E-state index is 12.8. The molecule has 0 bridgehead atoms. The fourth-order valence-corrected chi connectivity index (χ4v) is 3.49. The van der Waals surface area contributed by atoms with Gasteiger partial charge in [-0.2, -0.15) is 0 Å². The number of rotatable bonds is 10. The minimum atomic E-state index is -2.17. The van der Waals surface area contributed by atoms with Gasteiger partial charge in [0.2, 0.25) is 0 Å². The second kappa shape index (κ2) is 9.14. The molecule has 0 spiro atoms. The van der Waals surface area contributed by atoms with Crippen molar-refractivity contribution in [1.82, 2.24) is 0 Å². The molecule has 0 aromatic carbocycles. The van der Waals surface area contributed by atoms with Crippen LogP contribution in [-0.2, 0) is 9.59 Å². The Balaban J connectivity index is 3.29. The van der Waals surface area contributed by atoms with Crippen LogP contribution < -0.4 is 0 Å². The van der Waals surface area contributed by atoms with Gasteiger partial charge in [0.1, 0.15) is 5.76 Å². The van der Waals surface area contributed by atoms with Gasteiger partial charge in [0.05, 0.1) is 11.7 Å². The zero-order valence-electron chi connectivity index (χ0n) is 17.1. The van der Waals surface area contributed by atoms with Gasteiger partial charge in [-0.05, 0) is 31.1 Å². The van der Waals surface area contributed by atoms with Crippen LogP contribution in [0.3, 0.4) is 0 Å². The van der Waals surface area contributed by atoms with Crippen LogP contribution in [0.1, 0.15) is 73.6 Å². The molecule has 5 heteroatoms. The van der Waals surface area contributed by atoms with Gasteiger partial charge in [-0.15, -0.1) is 0 Å². The first kappa shape index (κ1) is 22.8. The first-order valence-corrected chi connectivity index (χ1v) is 9.89. The van der Waals surface area contributed by atoms with Crippen molar-refractivity contribution in [3.05, 3.63) is 11.3 Å². The first-order valence-electron chi connectivity index (χ1n) is 9.89. The van der Waals surface area contributed by atoms with E-state index in [9.17, 15) is 24.9 Å². The summed E-state index contributed by atoms with van der Waals surface area (Å²) in [6, 6.07) is 0. The van der Waals surface area contributed by atoms with Crippen LogP contribution in [0.5, 0.6) is 0 Å². The molecule has 0 heterocycles. The highest BCUT2D eigenvalue weighted by molar-refractivity contribution is 6.02. The molecule has 4 unspecified atom stereocenters. The Morgan fingerprint density at radius 2 is 1.62 bits per heavy atom. The molecule has 0 aromatic heterocycles. The lowest BCUT2D eigenvalue weighted by atomic mass is 9.78. The molecule has 1 rings (SSSR count). The van der Waals surface area contributed by atoms with E-state index in [-0.39, 0.29) is 29.6 Å². The maximum absolute atomic E-state index is 12.8. The van der Waals surface area contributed by atoms with E-state index in [1.807, 2.05) is 34.6 Å². The van der Waals surface area contributed by atoms with E-state index < -0.39 is 29.2 Å². The van der Waals surface area contributed by atoms with Crippen molar-refractivity contribution in [3.63, 3.8) is 0 Å². The number of ketones is 2. The zero-order chi connectivity index (χ0) is 20.2. The average molecular weight is 369 g/mol. The first-order chi connectivity index (χ1) is 12.0. The molecule has 0 amide bonds. The molecule has 0 saturated carbocycles. The molecule has 1 aliphatic carbocycles. The molecule has 0 aromatic rings. The van der Waals surface area contributed by atoms with Gasteiger partial charge in [-0.25, -0.2) is 0 Å². The summed E-state index contributed by atoms with van der Waals surface area (Å²) >= 11 is 0. The number of Topliss-reactive ketones (excluding diaryl/α,β-unsaturated/α-hetero) is 2. The summed E-state index contributed by atoms with van der Waals surface area (Å²) in [6.45, 7) is 11.5. The molecule has 150 valence electrons. The largest absolute Gasteiger partial charge is 0.508 e. The Kier molecular flexibility index (Phi) is 8.03. The zero-order valence-corrected chi connectivity index (χ0v) is 17.1. The molecule has 0 fully saturated rings. The van der Waals surface area contributed by atoms with Gasteiger partial charge >= 0.3 is 0 Å². The van der Waals surface area contributed by atoms with Gasteiger partial charge in [0.15, 0.2) is 17.2 Å². The molecule has 26 heavy (non-hydrogen) atoms. The standard InChI is InChI=1S/C21H36O5/c1-7-14(6)18(23)17-19(24)15(10-8-12(2)3)21(26,20(17)25)16(22)11-9-13(4)5/h12-15,19,24-26H,7-11H2,1-6H3. The van der Waals surface area contributed by atoms with Gasteiger partial charge in [0, 0.05) is 18.3 Å². The van der Waals surface area contributed by atoms with E-state index in [0.29, 0.717) is 31.6 Å². The summed E-state index contributed by atoms with van der Waals surface area (Å²) in [5, 5.41) is 32.6. The smallest absolute Gasteiger partial charge is 0.185 e. The van der Waals surface area contributed by atoms with Crippen molar-refractivity contribution in [2.75, 3.05) is 0 Å². The van der Waals surface area contributed by atoms with E-state index >= 15 is 0 Å². The van der Waals surface area contributed by atoms with E-state index in [4.69, 9.17) is 0 Å². The number of aliphatic hydroxyl groups is 3. The lowest BCUT2D eigenvalue weighted by Gasteiger charge is -2.31. The predicted octanol–water partition coefficient (Wildman–Crippen LogP) is 3.58. The minimum Gasteiger partial charge on any atom is -0.508 e. The Morgan fingerprint density at radius 3 is 2.08 bits per heavy atom. The molecular weight excluding hydrogens is 332 g/mol. The summed E-state index contributed by atoms with van der Waals surface area (Å²) in [5.74, 6) is -2.21. The van der Waals surface area contributed by atoms with Crippen LogP contribution in [0, 0.1) is 23.7 Å². The van der Waals surface area contributed by atoms with Crippen LogP contribution in [0.15, 0.2) is 11.3 Å². The van der Waals surface area contributed by atoms with Gasteiger partial charge in [0.25, 0.3) is 0 Å². The summed E-state index contributed by atoms with van der Waals surface area (Å²) < 4.78 is 0. The molecule has 4 atom stereocenters. The average Bonchev–Trinajstić information content (AvgIpc) is 2.76. The quantitative estimate of drug-likeness (QED) is 0.548. The van der Waals surface area contributed by atoms with E-state index in [0.717, 1.165) is 0 Å². The second-order valence-corrected chi connectivity index (χ2v) is 8.58. The molecule has 0 saturated heterocycles. The topological polar surface area (TPSA) is 94.8 Å². The van der Waals surface area contributed by atoms with Crippen LogP contribution in [0.4, 0.5) is 0 Å². The molecule has 5 nitrogen and oxygen atoms in total. The fraction of sp³-hybridized carbons (Fsp3) is 0.810. The number of aliphatic hydroxyl groups excluding tert-OH is 2. The summed E-state index contributed by atoms with van der Waals surface area (Å²) in [4.78, 5) is 25.5. The van der Waals surface area contributed by atoms with Crippen LogP contribution in [0.2, 0.25) is 0 Å². The van der Waals surface area contributed by atoms with Gasteiger partial charge in [-0.1, -0.05) is 48.0 Å². The van der Waals surface area contributed by atoms with Crippen molar-refractivity contribution >= 4 is 11.6 Å². The fourth-order valence-electron chi connectivity index (χ4n) is 3.49. The van der Waals surface area contributed by atoms with Crippen molar-refractivity contribution in [1.29, 1.82) is 0 Å². The Morgan fingerprint density at radius 1 is 1.08 bits per heavy atom. The van der Waals surface area contributed by atoms with Crippen LogP contribution in [0.25, 0.3) is 0 Å². The van der Waals surface area contributed by atoms with Crippen molar-refractivity contribution in [2.45, 2.75) is 85.4 Å². The third-order valence-corrected chi connectivity index (χ3v) is 5.58. The number of carbonyl (C=O) groups is 2. The number of hydrogen-bond acceptors (Lipinski definition) is 5. The normalized spacial score (nSPS) is 27.5. The summed E-state index contributed by atoms with van der Waals surface area (Å²) in [6.07, 6.45) is 0.968. The maximum Gasteiger partial charge on any atom is 0.185 e. The lowest BCUT2D eigenvalue weighted by molar-refractivity contribution is -0.144. The Hall–Kier alpha value is -1.20. The highest BCUT2D eigenvalue weighted by Gasteiger charge is 2.58. The lowest BCUT2D eigenvalue weighted by Crippen LogP contribution is -2.47. The molecule has 1 aliphatic rings. The van der Waals surface area contributed by atoms with E-state index in [1.165, 1.54) is 0 Å². The van der Waals surface area contributed by atoms with Crippen molar-refractivity contribution in [2.24, 2.45) is 23.7 Å². The second-order valence-electron chi connectivity index (χ2n) is 8.58. The number of carbonyl (C=O) groups excluding carboxylic acids is 2. The SMILES string of the molecule is CCC(C)C(=O)C1=C(O)C(O)(C(=O)CCC(C)C)C(CCC(C)C)C1O. The third kappa shape index (κ3) is 4.55. The van der Waals surface area contributed by atoms with Crippen molar-refractivity contribution in [3.8, 4) is 0 Å². The summed E-state index contributed by atoms with van der Waals surface area (Å²) in [5.41, 5.74) is -2.34. The van der Waals surface area contributed by atoms with Crippen molar-refractivity contribution < 1.29 is 24.9 Å². The molecule has 0 radical (unpaired) electrons. The van der Waals surface area contributed by atoms with Crippen LogP contribution in [-0.4, -0.2) is 38.6 Å². The highest BCUT2D eigenvalue weighted by atomic mass is 16.4. The van der Waals surface area contributed by atoms with E-state index in [1.54, 1.807) is 6.92 Å². The third-order valence-electron chi connectivity index (χ3n) is 5.58. The van der Waals surface area contributed by atoms with Gasteiger partial charge in [-0.3, -0.25) is 9.59 Å². The Labute approximate surface area is 157 Å². The predicted molar refractivity (Wildman–Crippen MR) is 102 cm³/mol. The minimum absolute atomic E-state index is 0.105. The Bertz CT molecular complexity index is 549. The highest BCUT2D eigenvalue weighted by Crippen LogP contribution is 2.45. The summed E-state index contributed by atoms with van der Waals surface area (Å²) in [7, 11) is 0. The van der Waals surface area contributed by atoms with Gasteiger partial charge < -0.3 is 15.3 Å². The molecular formula is C21H36O5. The number of hydrogen-bond donors (Lipinski definition) is 3. The monoisotopic (exact) mass is 368 g/mol.